The summed E-state index contributed by atoms with van der Waals surface area (Å²) in [6.45, 7) is 1.40. The van der Waals surface area contributed by atoms with E-state index < -0.39 is 38.9 Å². The highest BCUT2D eigenvalue weighted by Crippen LogP contribution is 2.19. The van der Waals surface area contributed by atoms with Crippen LogP contribution < -0.4 is 4.74 Å². The summed E-state index contributed by atoms with van der Waals surface area (Å²) in [7, 11) is -3.33. The third-order valence-electron chi connectivity index (χ3n) is 3.13. The molecule has 0 aliphatic heterocycles. The van der Waals surface area contributed by atoms with Crippen LogP contribution in [0.15, 0.2) is 47.4 Å². The topological polar surface area (TPSA) is 60.4 Å². The van der Waals surface area contributed by atoms with Crippen LogP contribution in [0.3, 0.4) is 0 Å². The lowest BCUT2D eigenvalue weighted by Gasteiger charge is -2.14. The number of sulfone groups is 1. The summed E-state index contributed by atoms with van der Waals surface area (Å²) in [5.41, 5.74) is -0.398. The van der Waals surface area contributed by atoms with E-state index in [-0.39, 0.29) is 10.6 Å². The fourth-order valence-electron chi connectivity index (χ4n) is 1.93. The van der Waals surface area contributed by atoms with Crippen LogP contribution in [0.4, 0.5) is 8.78 Å². The van der Waals surface area contributed by atoms with Crippen molar-refractivity contribution in [3.63, 3.8) is 0 Å². The van der Waals surface area contributed by atoms with E-state index >= 15 is 0 Å². The first-order chi connectivity index (χ1) is 10.7. The fourth-order valence-corrected chi connectivity index (χ4v) is 2.56. The maximum Gasteiger partial charge on any atom is 0.206 e. The van der Waals surface area contributed by atoms with Gasteiger partial charge in [-0.25, -0.2) is 17.2 Å². The van der Waals surface area contributed by atoms with Crippen molar-refractivity contribution in [2.75, 3.05) is 6.26 Å². The van der Waals surface area contributed by atoms with Crippen molar-refractivity contribution < 1.29 is 26.7 Å². The number of carbonyl (C=O) groups is 1. The van der Waals surface area contributed by atoms with E-state index in [1.807, 2.05) is 0 Å². The van der Waals surface area contributed by atoms with Crippen molar-refractivity contribution in [1.29, 1.82) is 0 Å². The molecule has 0 saturated carbocycles. The van der Waals surface area contributed by atoms with Crippen LogP contribution in [-0.4, -0.2) is 26.6 Å². The number of ether oxygens (including phenoxy) is 1. The summed E-state index contributed by atoms with van der Waals surface area (Å²) in [5.74, 6) is -2.03. The minimum absolute atomic E-state index is 0.111. The predicted molar refractivity (Wildman–Crippen MR) is 80.3 cm³/mol. The van der Waals surface area contributed by atoms with E-state index in [0.29, 0.717) is 0 Å². The van der Waals surface area contributed by atoms with Crippen LogP contribution >= 0.6 is 0 Å². The van der Waals surface area contributed by atoms with Gasteiger partial charge in [0.2, 0.25) is 5.78 Å². The van der Waals surface area contributed by atoms with Crippen LogP contribution in [0.5, 0.6) is 5.75 Å². The minimum Gasteiger partial charge on any atom is -0.483 e. The van der Waals surface area contributed by atoms with Crippen molar-refractivity contribution in [2.45, 2.75) is 17.9 Å². The molecule has 1 atom stereocenters. The Balaban J connectivity index is 2.17. The number of carbonyl (C=O) groups excluding carboxylic acids is 1. The average molecular weight is 340 g/mol. The zero-order valence-corrected chi connectivity index (χ0v) is 13.2. The number of halogens is 2. The van der Waals surface area contributed by atoms with E-state index in [2.05, 4.69) is 0 Å². The molecule has 0 spiro atoms. The van der Waals surface area contributed by atoms with Gasteiger partial charge in [-0.2, -0.15) is 0 Å². The standard InChI is InChI=1S/C16H14F2O4S/c1-10(16(19)14-9-11(17)3-8-15(14)18)22-12-4-6-13(7-5-12)23(2,20)21/h3-10H,1-2H3/t10-/m1/s1. The van der Waals surface area contributed by atoms with Gasteiger partial charge in [-0.3, -0.25) is 4.79 Å². The van der Waals surface area contributed by atoms with Gasteiger partial charge in [0.05, 0.1) is 10.5 Å². The lowest BCUT2D eigenvalue weighted by molar-refractivity contribution is 0.0813. The molecule has 0 radical (unpaired) electrons. The molecule has 0 unspecified atom stereocenters. The molecule has 0 saturated heterocycles. The summed E-state index contributed by atoms with van der Waals surface area (Å²) in [5, 5.41) is 0. The van der Waals surface area contributed by atoms with Gasteiger partial charge in [-0.1, -0.05) is 0 Å². The van der Waals surface area contributed by atoms with Crippen LogP contribution in [0, 0.1) is 11.6 Å². The Morgan fingerprint density at radius 3 is 2.26 bits per heavy atom. The molecular formula is C16H14F2O4S. The maximum absolute atomic E-state index is 13.6. The Morgan fingerprint density at radius 2 is 1.70 bits per heavy atom. The van der Waals surface area contributed by atoms with E-state index in [1.54, 1.807) is 0 Å². The smallest absolute Gasteiger partial charge is 0.206 e. The molecule has 7 heteroatoms. The molecule has 0 heterocycles. The molecule has 0 fully saturated rings. The molecular weight excluding hydrogens is 326 g/mol. The Labute approximate surface area is 132 Å². The zero-order chi connectivity index (χ0) is 17.2. The van der Waals surface area contributed by atoms with E-state index in [4.69, 9.17) is 4.74 Å². The largest absolute Gasteiger partial charge is 0.483 e. The molecule has 4 nitrogen and oxygen atoms in total. The summed E-state index contributed by atoms with van der Waals surface area (Å²) in [6.07, 6.45) is 0.0113. The lowest BCUT2D eigenvalue weighted by atomic mass is 10.1. The maximum atomic E-state index is 13.6. The molecule has 0 aliphatic carbocycles. The van der Waals surface area contributed by atoms with Gasteiger partial charge in [0.15, 0.2) is 15.9 Å². The second kappa shape index (κ2) is 6.45. The second-order valence-corrected chi connectivity index (χ2v) is 7.01. The molecule has 0 aromatic heterocycles. The first kappa shape index (κ1) is 17.1. The highest BCUT2D eigenvalue weighted by Gasteiger charge is 2.21. The molecule has 2 aromatic rings. The van der Waals surface area contributed by atoms with Crippen molar-refractivity contribution >= 4 is 15.6 Å². The Hall–Kier alpha value is -2.28. The van der Waals surface area contributed by atoms with Gasteiger partial charge in [0, 0.05) is 6.26 Å². The SMILES string of the molecule is C[C@@H](Oc1ccc(S(C)(=O)=O)cc1)C(=O)c1cc(F)ccc1F. The minimum atomic E-state index is -3.33. The number of Topliss-reactive ketones (excluding diaryl/α,β-unsaturated/α-hetero) is 1. The molecule has 0 N–H and O–H groups in total. The Kier molecular flexibility index (Phi) is 4.79. The van der Waals surface area contributed by atoms with E-state index in [9.17, 15) is 22.0 Å². The van der Waals surface area contributed by atoms with Crippen molar-refractivity contribution in [2.24, 2.45) is 0 Å². The van der Waals surface area contributed by atoms with Crippen molar-refractivity contribution in [1.82, 2.24) is 0 Å². The highest BCUT2D eigenvalue weighted by molar-refractivity contribution is 7.90. The average Bonchev–Trinajstić information content (AvgIpc) is 2.48. The molecule has 2 rings (SSSR count). The predicted octanol–water partition coefficient (Wildman–Crippen LogP) is 3.02. The second-order valence-electron chi connectivity index (χ2n) is 4.99. The van der Waals surface area contributed by atoms with Crippen LogP contribution in [0.1, 0.15) is 17.3 Å². The number of ketones is 1. The normalized spacial score (nSPS) is 12.7. The molecule has 122 valence electrons. The zero-order valence-electron chi connectivity index (χ0n) is 12.4. The number of rotatable bonds is 5. The van der Waals surface area contributed by atoms with Gasteiger partial charge in [0.25, 0.3) is 0 Å². The third kappa shape index (κ3) is 4.13. The van der Waals surface area contributed by atoms with Gasteiger partial charge in [-0.15, -0.1) is 0 Å². The quantitative estimate of drug-likeness (QED) is 0.785. The molecule has 2 aromatic carbocycles. The highest BCUT2D eigenvalue weighted by atomic mass is 32.2. The van der Waals surface area contributed by atoms with E-state index in [1.165, 1.54) is 31.2 Å². The number of hydrogen-bond acceptors (Lipinski definition) is 4. The van der Waals surface area contributed by atoms with Gasteiger partial charge in [-0.05, 0) is 49.4 Å². The van der Waals surface area contributed by atoms with Gasteiger partial charge >= 0.3 is 0 Å². The fraction of sp³-hybridized carbons (Fsp3) is 0.188. The number of hydrogen-bond donors (Lipinski definition) is 0. The number of benzene rings is 2. The Bertz CT molecular complexity index is 830. The monoisotopic (exact) mass is 340 g/mol. The molecule has 23 heavy (non-hydrogen) atoms. The molecule has 0 aliphatic rings. The molecule has 0 bridgehead atoms. The van der Waals surface area contributed by atoms with Gasteiger partial charge in [0.1, 0.15) is 17.4 Å². The van der Waals surface area contributed by atoms with Crippen molar-refractivity contribution in [3.8, 4) is 5.75 Å². The lowest BCUT2D eigenvalue weighted by Crippen LogP contribution is -2.25. The summed E-state index contributed by atoms with van der Waals surface area (Å²) in [4.78, 5) is 12.2. The summed E-state index contributed by atoms with van der Waals surface area (Å²) < 4.78 is 54.8. The first-order valence-electron chi connectivity index (χ1n) is 6.64. The van der Waals surface area contributed by atoms with E-state index in [0.717, 1.165) is 24.5 Å². The van der Waals surface area contributed by atoms with Crippen LogP contribution in [-0.2, 0) is 9.84 Å². The Morgan fingerprint density at radius 1 is 1.09 bits per heavy atom. The van der Waals surface area contributed by atoms with Gasteiger partial charge < -0.3 is 4.74 Å². The summed E-state index contributed by atoms with van der Waals surface area (Å²) >= 11 is 0. The van der Waals surface area contributed by atoms with Crippen LogP contribution in [0.25, 0.3) is 0 Å². The third-order valence-corrected chi connectivity index (χ3v) is 4.26. The van der Waals surface area contributed by atoms with Crippen LogP contribution in [0.2, 0.25) is 0 Å². The summed E-state index contributed by atoms with van der Waals surface area (Å²) in [6, 6.07) is 8.06. The van der Waals surface area contributed by atoms with Crippen molar-refractivity contribution in [3.05, 3.63) is 59.7 Å². The molecule has 0 amide bonds. The first-order valence-corrected chi connectivity index (χ1v) is 8.53.